The number of carbonyl (C=O) groups is 1. The van der Waals surface area contributed by atoms with Crippen LogP contribution in [0.2, 0.25) is 0 Å². The second kappa shape index (κ2) is 7.99. The van der Waals surface area contributed by atoms with Gasteiger partial charge in [0.15, 0.2) is 0 Å². The largest absolute Gasteiger partial charge is 0.352 e. The third-order valence-corrected chi connectivity index (χ3v) is 4.69. The number of hydrogen-bond acceptors (Lipinski definition) is 3. The lowest BCUT2D eigenvalue weighted by Crippen LogP contribution is -2.47. The molecule has 20 heavy (non-hydrogen) atoms. The molecule has 2 N–H and O–H groups in total. The Labute approximate surface area is 123 Å². The Bertz CT molecular complexity index is 294. The first-order valence-electron chi connectivity index (χ1n) is 8.39. The monoisotopic (exact) mass is 281 g/mol. The first-order chi connectivity index (χ1) is 9.65. The van der Waals surface area contributed by atoms with Crippen LogP contribution in [-0.4, -0.2) is 49.1 Å². The van der Waals surface area contributed by atoms with Gasteiger partial charge in [-0.2, -0.15) is 0 Å². The van der Waals surface area contributed by atoms with E-state index in [4.69, 9.17) is 0 Å². The van der Waals surface area contributed by atoms with E-state index in [1.54, 1.807) is 0 Å². The standard InChI is InChI=1S/C16H31N3O/c1-13(2)19(11-14-6-5-9-17-10-14)12-16(20)18-15-7-3-4-8-15/h13-15,17H,3-12H2,1-2H3,(H,18,20). The van der Waals surface area contributed by atoms with E-state index in [2.05, 4.69) is 29.4 Å². The van der Waals surface area contributed by atoms with Gasteiger partial charge < -0.3 is 10.6 Å². The Balaban J connectivity index is 1.76. The lowest BCUT2D eigenvalue weighted by Gasteiger charge is -2.32. The summed E-state index contributed by atoms with van der Waals surface area (Å²) >= 11 is 0. The summed E-state index contributed by atoms with van der Waals surface area (Å²) in [6, 6.07) is 0.874. The first kappa shape index (κ1) is 15.8. The zero-order valence-corrected chi connectivity index (χ0v) is 13.2. The van der Waals surface area contributed by atoms with Crippen molar-refractivity contribution in [2.75, 3.05) is 26.2 Å². The Kier molecular flexibility index (Phi) is 6.30. The zero-order valence-electron chi connectivity index (χ0n) is 13.2. The van der Waals surface area contributed by atoms with Gasteiger partial charge in [0.05, 0.1) is 6.54 Å². The van der Waals surface area contributed by atoms with E-state index in [0.717, 1.165) is 19.6 Å². The Hall–Kier alpha value is -0.610. The topological polar surface area (TPSA) is 44.4 Å². The lowest BCUT2D eigenvalue weighted by atomic mass is 9.98. The van der Waals surface area contributed by atoms with Crippen molar-refractivity contribution in [3.05, 3.63) is 0 Å². The summed E-state index contributed by atoms with van der Waals surface area (Å²) in [5.74, 6) is 0.916. The van der Waals surface area contributed by atoms with E-state index < -0.39 is 0 Å². The van der Waals surface area contributed by atoms with Crippen LogP contribution < -0.4 is 10.6 Å². The molecule has 0 spiro atoms. The molecule has 1 amide bonds. The number of hydrogen-bond donors (Lipinski definition) is 2. The molecule has 1 saturated heterocycles. The number of rotatable bonds is 6. The van der Waals surface area contributed by atoms with Gasteiger partial charge in [0.2, 0.25) is 5.91 Å². The third kappa shape index (κ3) is 5.06. The fraction of sp³-hybridized carbons (Fsp3) is 0.938. The Morgan fingerprint density at radius 3 is 2.60 bits per heavy atom. The van der Waals surface area contributed by atoms with Gasteiger partial charge in [0.1, 0.15) is 0 Å². The van der Waals surface area contributed by atoms with Crippen molar-refractivity contribution >= 4 is 5.91 Å². The highest BCUT2D eigenvalue weighted by Gasteiger charge is 2.22. The predicted octanol–water partition coefficient (Wildman–Crippen LogP) is 1.76. The van der Waals surface area contributed by atoms with Crippen molar-refractivity contribution in [1.29, 1.82) is 0 Å². The van der Waals surface area contributed by atoms with Crippen molar-refractivity contribution in [2.45, 2.75) is 64.5 Å². The summed E-state index contributed by atoms with van der Waals surface area (Å²) < 4.78 is 0. The Morgan fingerprint density at radius 2 is 2.00 bits per heavy atom. The SMILES string of the molecule is CC(C)N(CC(=O)NC1CCCC1)CC1CCCNC1. The van der Waals surface area contributed by atoms with E-state index in [0.29, 0.717) is 24.5 Å². The molecule has 1 aliphatic heterocycles. The molecule has 2 aliphatic rings. The molecule has 0 aromatic rings. The number of nitrogens with zero attached hydrogens (tertiary/aromatic N) is 1. The van der Waals surface area contributed by atoms with Crippen molar-refractivity contribution < 1.29 is 4.79 Å². The van der Waals surface area contributed by atoms with Crippen molar-refractivity contribution in [1.82, 2.24) is 15.5 Å². The van der Waals surface area contributed by atoms with E-state index in [9.17, 15) is 4.79 Å². The van der Waals surface area contributed by atoms with Crippen LogP contribution in [0.4, 0.5) is 0 Å². The number of nitrogens with one attached hydrogen (secondary N) is 2. The van der Waals surface area contributed by atoms with Crippen molar-refractivity contribution in [3.8, 4) is 0 Å². The molecule has 1 heterocycles. The van der Waals surface area contributed by atoms with E-state index >= 15 is 0 Å². The molecule has 4 heteroatoms. The van der Waals surface area contributed by atoms with E-state index in [-0.39, 0.29) is 5.91 Å². The average Bonchev–Trinajstić information content (AvgIpc) is 2.92. The summed E-state index contributed by atoms with van der Waals surface area (Å²) in [6.45, 7) is 8.25. The summed E-state index contributed by atoms with van der Waals surface area (Å²) in [4.78, 5) is 14.5. The Morgan fingerprint density at radius 1 is 1.25 bits per heavy atom. The van der Waals surface area contributed by atoms with Crippen LogP contribution in [0, 0.1) is 5.92 Å². The van der Waals surface area contributed by atoms with Gasteiger partial charge in [-0.3, -0.25) is 9.69 Å². The minimum Gasteiger partial charge on any atom is -0.352 e. The van der Waals surface area contributed by atoms with Gasteiger partial charge in [-0.15, -0.1) is 0 Å². The van der Waals surface area contributed by atoms with Crippen molar-refractivity contribution in [2.24, 2.45) is 5.92 Å². The summed E-state index contributed by atoms with van der Waals surface area (Å²) in [6.07, 6.45) is 7.43. The molecule has 0 aromatic carbocycles. The van der Waals surface area contributed by atoms with Crippen LogP contribution in [0.25, 0.3) is 0 Å². The minimum absolute atomic E-state index is 0.217. The second-order valence-electron chi connectivity index (χ2n) is 6.78. The molecule has 1 unspecified atom stereocenters. The molecular weight excluding hydrogens is 250 g/mol. The van der Waals surface area contributed by atoms with Crippen LogP contribution >= 0.6 is 0 Å². The number of carbonyl (C=O) groups excluding carboxylic acids is 1. The highest BCUT2D eigenvalue weighted by Crippen LogP contribution is 2.18. The summed E-state index contributed by atoms with van der Waals surface area (Å²) in [5, 5.41) is 6.67. The second-order valence-corrected chi connectivity index (χ2v) is 6.78. The molecule has 4 nitrogen and oxygen atoms in total. The number of piperidine rings is 1. The maximum atomic E-state index is 12.2. The summed E-state index contributed by atoms with van der Waals surface area (Å²) in [7, 11) is 0. The average molecular weight is 281 g/mol. The normalized spacial score (nSPS) is 24.5. The molecule has 0 aromatic heterocycles. The smallest absolute Gasteiger partial charge is 0.234 e. The molecule has 2 rings (SSSR count). The highest BCUT2D eigenvalue weighted by atomic mass is 16.2. The van der Waals surface area contributed by atoms with E-state index in [1.807, 2.05) is 0 Å². The van der Waals surface area contributed by atoms with E-state index in [1.165, 1.54) is 38.5 Å². The van der Waals surface area contributed by atoms with Crippen LogP contribution in [0.1, 0.15) is 52.4 Å². The molecule has 1 saturated carbocycles. The predicted molar refractivity (Wildman–Crippen MR) is 82.7 cm³/mol. The van der Waals surface area contributed by atoms with Gasteiger partial charge >= 0.3 is 0 Å². The van der Waals surface area contributed by atoms with Gasteiger partial charge in [-0.25, -0.2) is 0 Å². The molecule has 1 atom stereocenters. The van der Waals surface area contributed by atoms with Crippen molar-refractivity contribution in [3.63, 3.8) is 0 Å². The van der Waals surface area contributed by atoms with Crippen LogP contribution in [0.3, 0.4) is 0 Å². The van der Waals surface area contributed by atoms with Crippen LogP contribution in [0.15, 0.2) is 0 Å². The zero-order chi connectivity index (χ0) is 14.4. The quantitative estimate of drug-likeness (QED) is 0.780. The molecule has 116 valence electrons. The fourth-order valence-electron chi connectivity index (χ4n) is 3.40. The first-order valence-corrected chi connectivity index (χ1v) is 8.39. The maximum Gasteiger partial charge on any atom is 0.234 e. The lowest BCUT2D eigenvalue weighted by molar-refractivity contribution is -0.123. The maximum absolute atomic E-state index is 12.2. The van der Waals surface area contributed by atoms with Crippen LogP contribution in [0.5, 0.6) is 0 Å². The van der Waals surface area contributed by atoms with Gasteiger partial charge in [-0.1, -0.05) is 12.8 Å². The molecule has 1 aliphatic carbocycles. The molecule has 2 fully saturated rings. The van der Waals surface area contributed by atoms with Gasteiger partial charge in [0.25, 0.3) is 0 Å². The molecule has 0 bridgehead atoms. The van der Waals surface area contributed by atoms with Crippen LogP contribution in [-0.2, 0) is 4.79 Å². The fourth-order valence-corrected chi connectivity index (χ4v) is 3.40. The minimum atomic E-state index is 0.217. The van der Waals surface area contributed by atoms with Gasteiger partial charge in [0, 0.05) is 18.6 Å². The number of amides is 1. The highest BCUT2D eigenvalue weighted by molar-refractivity contribution is 5.78. The van der Waals surface area contributed by atoms with Gasteiger partial charge in [-0.05, 0) is 58.5 Å². The molecule has 0 radical (unpaired) electrons. The third-order valence-electron chi connectivity index (χ3n) is 4.69. The molecular formula is C16H31N3O. The summed E-state index contributed by atoms with van der Waals surface area (Å²) in [5.41, 5.74) is 0.